The van der Waals surface area contributed by atoms with Crippen molar-refractivity contribution in [2.75, 3.05) is 13.1 Å². The summed E-state index contributed by atoms with van der Waals surface area (Å²) < 4.78 is 0. The minimum atomic E-state index is -1.44. The first-order chi connectivity index (χ1) is 19.1. The number of phenolic OH excluding ortho intramolecular Hbond substituents is 1. The van der Waals surface area contributed by atoms with Gasteiger partial charge in [-0.1, -0.05) is 42.5 Å². The second kappa shape index (κ2) is 13.0. The molecule has 214 valence electrons. The van der Waals surface area contributed by atoms with Gasteiger partial charge in [0.15, 0.2) is 0 Å². The molecular formula is C30H38N4O6. The van der Waals surface area contributed by atoms with Crippen molar-refractivity contribution >= 4 is 23.7 Å². The third kappa shape index (κ3) is 7.38. The molecule has 2 saturated heterocycles. The predicted molar refractivity (Wildman–Crippen MR) is 148 cm³/mol. The highest BCUT2D eigenvalue weighted by atomic mass is 16.4. The largest absolute Gasteiger partial charge is 0.508 e. The molecule has 2 aromatic carbocycles. The fourth-order valence-electron chi connectivity index (χ4n) is 5.64. The number of carboxylic acids is 1. The maximum atomic E-state index is 13.8. The monoisotopic (exact) mass is 550 g/mol. The molecule has 4 atom stereocenters. The zero-order valence-electron chi connectivity index (χ0n) is 22.8. The maximum absolute atomic E-state index is 13.8. The van der Waals surface area contributed by atoms with Crippen LogP contribution in [0.3, 0.4) is 0 Å². The molecule has 0 aliphatic carbocycles. The average Bonchev–Trinajstić information content (AvgIpc) is 3.63. The van der Waals surface area contributed by atoms with Crippen molar-refractivity contribution < 1.29 is 29.4 Å². The number of nitrogens with one attached hydrogen (secondary N) is 3. The number of hydrogen-bond acceptors (Lipinski definition) is 6. The van der Waals surface area contributed by atoms with E-state index in [2.05, 4.69) is 16.0 Å². The first-order valence-corrected chi connectivity index (χ1v) is 13.8. The number of carbonyl (C=O) groups excluding carboxylic acids is 3. The van der Waals surface area contributed by atoms with E-state index in [0.717, 1.165) is 24.9 Å². The molecule has 2 aliphatic rings. The SMILES string of the molecule is C[C@@](Cc1ccc(O)cc1)(NC(=O)C[C@H](Cc1ccccc1)NC(=O)[C@@H]1CCCN1)C(=O)N1CCC[C@H]1C(=O)O. The van der Waals surface area contributed by atoms with Crippen LogP contribution >= 0.6 is 0 Å². The van der Waals surface area contributed by atoms with Crippen LogP contribution in [0.5, 0.6) is 5.75 Å². The Hall–Kier alpha value is -3.92. The van der Waals surface area contributed by atoms with Gasteiger partial charge in [0.1, 0.15) is 17.3 Å². The Balaban J connectivity index is 1.54. The van der Waals surface area contributed by atoms with Gasteiger partial charge < -0.3 is 31.1 Å². The fraction of sp³-hybridized carbons (Fsp3) is 0.467. The van der Waals surface area contributed by atoms with Crippen molar-refractivity contribution in [3.8, 4) is 5.75 Å². The van der Waals surface area contributed by atoms with Crippen LogP contribution in [-0.4, -0.2) is 75.6 Å². The molecule has 3 amide bonds. The van der Waals surface area contributed by atoms with E-state index in [9.17, 15) is 29.4 Å². The molecule has 2 aromatic rings. The standard InChI is InChI=1S/C30H38N4O6/c1-30(19-21-11-13-23(35)14-12-21,29(40)34-16-6-10-25(34)28(38)39)33-26(36)18-22(17-20-7-3-2-4-8-20)32-27(37)24-9-5-15-31-24/h2-4,7-8,11-14,22,24-25,31,35H,5-6,9-10,15-19H2,1H3,(H,32,37)(H,33,36)(H,38,39)/t22-,24-,25-,30-/m0/s1. The van der Waals surface area contributed by atoms with Gasteiger partial charge in [-0.2, -0.15) is 0 Å². The van der Waals surface area contributed by atoms with E-state index in [1.165, 1.54) is 17.0 Å². The third-order valence-electron chi connectivity index (χ3n) is 7.66. The molecule has 0 spiro atoms. The first kappa shape index (κ1) is 29.1. The summed E-state index contributed by atoms with van der Waals surface area (Å²) in [5, 5.41) is 28.5. The van der Waals surface area contributed by atoms with Crippen LogP contribution in [0.2, 0.25) is 0 Å². The van der Waals surface area contributed by atoms with Gasteiger partial charge in [-0.05, 0) is 68.8 Å². The van der Waals surface area contributed by atoms with Gasteiger partial charge in [0.05, 0.1) is 6.04 Å². The molecule has 0 bridgehead atoms. The second-order valence-electron chi connectivity index (χ2n) is 11.0. The lowest BCUT2D eigenvalue weighted by Crippen LogP contribution is -2.61. The number of rotatable bonds is 11. The Morgan fingerprint density at radius 2 is 1.75 bits per heavy atom. The third-order valence-corrected chi connectivity index (χ3v) is 7.66. The zero-order chi connectivity index (χ0) is 28.7. The predicted octanol–water partition coefficient (Wildman–Crippen LogP) is 1.75. The van der Waals surface area contributed by atoms with Crippen molar-refractivity contribution in [3.63, 3.8) is 0 Å². The number of phenols is 1. The Bertz CT molecular complexity index is 1200. The van der Waals surface area contributed by atoms with Crippen LogP contribution in [0.25, 0.3) is 0 Å². The molecule has 2 heterocycles. The number of hydrogen-bond donors (Lipinski definition) is 5. The lowest BCUT2D eigenvalue weighted by Gasteiger charge is -2.36. The van der Waals surface area contributed by atoms with E-state index in [4.69, 9.17) is 0 Å². The van der Waals surface area contributed by atoms with Gasteiger partial charge in [0.2, 0.25) is 17.7 Å². The van der Waals surface area contributed by atoms with E-state index in [1.54, 1.807) is 19.1 Å². The van der Waals surface area contributed by atoms with Crippen LogP contribution in [0.15, 0.2) is 54.6 Å². The summed E-state index contributed by atoms with van der Waals surface area (Å²) in [7, 11) is 0. The molecule has 0 radical (unpaired) electrons. The molecule has 10 heteroatoms. The van der Waals surface area contributed by atoms with E-state index >= 15 is 0 Å². The number of benzene rings is 2. The fourth-order valence-corrected chi connectivity index (χ4v) is 5.64. The van der Waals surface area contributed by atoms with Crippen molar-refractivity contribution in [1.29, 1.82) is 0 Å². The van der Waals surface area contributed by atoms with E-state index in [1.807, 2.05) is 30.3 Å². The number of aliphatic carboxylic acids is 1. The number of carboxylic acid groups (broad SMARTS) is 1. The number of carbonyl (C=O) groups is 4. The summed E-state index contributed by atoms with van der Waals surface area (Å²) in [6.45, 7) is 2.66. The Morgan fingerprint density at radius 1 is 1.02 bits per heavy atom. The number of amides is 3. The van der Waals surface area contributed by atoms with E-state index in [-0.39, 0.29) is 37.1 Å². The van der Waals surface area contributed by atoms with Crippen LogP contribution in [-0.2, 0) is 32.0 Å². The van der Waals surface area contributed by atoms with E-state index in [0.29, 0.717) is 24.8 Å². The second-order valence-corrected chi connectivity index (χ2v) is 11.0. The minimum Gasteiger partial charge on any atom is -0.508 e. The molecule has 2 fully saturated rings. The molecule has 0 unspecified atom stereocenters. The number of likely N-dealkylation sites (tertiary alicyclic amines) is 1. The summed E-state index contributed by atoms with van der Waals surface area (Å²) in [5.74, 6) is -2.06. The summed E-state index contributed by atoms with van der Waals surface area (Å²) >= 11 is 0. The van der Waals surface area contributed by atoms with Crippen molar-refractivity contribution in [3.05, 3.63) is 65.7 Å². The highest BCUT2D eigenvalue weighted by molar-refractivity contribution is 5.94. The van der Waals surface area contributed by atoms with Crippen molar-refractivity contribution in [2.24, 2.45) is 0 Å². The molecule has 10 nitrogen and oxygen atoms in total. The molecule has 40 heavy (non-hydrogen) atoms. The van der Waals surface area contributed by atoms with Gasteiger partial charge in [0.25, 0.3) is 0 Å². The number of nitrogens with zero attached hydrogens (tertiary/aromatic N) is 1. The number of aromatic hydroxyl groups is 1. The van der Waals surface area contributed by atoms with Crippen molar-refractivity contribution in [2.45, 2.75) is 75.5 Å². The molecule has 0 saturated carbocycles. The minimum absolute atomic E-state index is 0.0613. The molecule has 2 aliphatic heterocycles. The highest BCUT2D eigenvalue weighted by Crippen LogP contribution is 2.25. The lowest BCUT2D eigenvalue weighted by atomic mass is 9.90. The molecule has 0 aromatic heterocycles. The van der Waals surface area contributed by atoms with Gasteiger partial charge in [-0.15, -0.1) is 0 Å². The Labute approximate surface area is 234 Å². The smallest absolute Gasteiger partial charge is 0.326 e. The molecule has 4 rings (SSSR count). The van der Waals surface area contributed by atoms with Crippen LogP contribution in [0.4, 0.5) is 0 Å². The van der Waals surface area contributed by atoms with Crippen LogP contribution in [0.1, 0.15) is 50.2 Å². The topological polar surface area (TPSA) is 148 Å². The Morgan fingerprint density at radius 3 is 2.40 bits per heavy atom. The quantitative estimate of drug-likeness (QED) is 0.286. The molecule has 5 N–H and O–H groups in total. The molecular weight excluding hydrogens is 512 g/mol. The first-order valence-electron chi connectivity index (χ1n) is 13.8. The maximum Gasteiger partial charge on any atom is 0.326 e. The van der Waals surface area contributed by atoms with E-state index < -0.39 is 35.4 Å². The summed E-state index contributed by atoms with van der Waals surface area (Å²) in [6, 6.07) is 14.1. The lowest BCUT2D eigenvalue weighted by molar-refractivity contribution is -0.151. The van der Waals surface area contributed by atoms with Gasteiger partial charge in [-0.25, -0.2) is 4.79 Å². The zero-order valence-corrected chi connectivity index (χ0v) is 22.8. The summed E-state index contributed by atoms with van der Waals surface area (Å²) in [5.41, 5.74) is 0.214. The normalized spacial score (nSPS) is 20.9. The summed E-state index contributed by atoms with van der Waals surface area (Å²) in [6.07, 6.45) is 3.03. The van der Waals surface area contributed by atoms with Gasteiger partial charge in [0, 0.05) is 25.4 Å². The van der Waals surface area contributed by atoms with Crippen LogP contribution in [0, 0.1) is 0 Å². The summed E-state index contributed by atoms with van der Waals surface area (Å²) in [4.78, 5) is 53.5. The van der Waals surface area contributed by atoms with Gasteiger partial charge in [-0.3, -0.25) is 14.4 Å². The van der Waals surface area contributed by atoms with Crippen LogP contribution < -0.4 is 16.0 Å². The van der Waals surface area contributed by atoms with Crippen molar-refractivity contribution in [1.82, 2.24) is 20.9 Å². The average molecular weight is 551 g/mol. The highest BCUT2D eigenvalue weighted by Gasteiger charge is 2.44. The Kier molecular flexibility index (Phi) is 9.42. The van der Waals surface area contributed by atoms with Gasteiger partial charge >= 0.3 is 5.97 Å².